The molecule has 0 spiro atoms. The predicted octanol–water partition coefficient (Wildman–Crippen LogP) is -0.378. The third-order valence-corrected chi connectivity index (χ3v) is 1.48. The molecule has 0 aliphatic rings. The van der Waals surface area contributed by atoms with Crippen molar-refractivity contribution >= 4 is 11.9 Å². The molecule has 1 rings (SSSR count). The summed E-state index contributed by atoms with van der Waals surface area (Å²) in [7, 11) is 0. The number of hydrogen-bond donors (Lipinski definition) is 0. The summed E-state index contributed by atoms with van der Waals surface area (Å²) in [5.41, 5.74) is 0.00917. The lowest BCUT2D eigenvalue weighted by Gasteiger charge is -2.03. The first-order valence-electron chi connectivity index (χ1n) is 3.99. The fourth-order valence-corrected chi connectivity index (χ4v) is 0.840. The van der Waals surface area contributed by atoms with Crippen LogP contribution in [0, 0.1) is 0 Å². The molecular formula is C9H8NO4-. The van der Waals surface area contributed by atoms with Gasteiger partial charge in [0, 0.05) is 11.8 Å². The smallest absolute Gasteiger partial charge is 0.356 e. The number of ether oxygens (including phenoxy) is 1. The zero-order valence-corrected chi connectivity index (χ0v) is 7.52. The summed E-state index contributed by atoms with van der Waals surface area (Å²) in [5, 5.41) is 10.3. The van der Waals surface area contributed by atoms with Crippen LogP contribution in [0.4, 0.5) is 0 Å². The fraction of sp³-hybridized carbons (Fsp3) is 0.222. The number of nitrogens with zero attached hydrogens (tertiary/aromatic N) is 1. The van der Waals surface area contributed by atoms with Crippen molar-refractivity contribution in [3.05, 3.63) is 29.6 Å². The molecule has 0 aromatic carbocycles. The molecule has 1 aromatic rings. The molecule has 0 aliphatic carbocycles. The minimum atomic E-state index is -1.33. The highest BCUT2D eigenvalue weighted by atomic mass is 16.5. The van der Waals surface area contributed by atoms with Crippen LogP contribution in [0.25, 0.3) is 0 Å². The second-order valence-electron chi connectivity index (χ2n) is 2.44. The molecule has 5 heteroatoms. The Morgan fingerprint density at radius 2 is 2.21 bits per heavy atom. The van der Waals surface area contributed by atoms with Gasteiger partial charge >= 0.3 is 5.97 Å². The fourth-order valence-electron chi connectivity index (χ4n) is 0.840. The molecule has 0 unspecified atom stereocenters. The largest absolute Gasteiger partial charge is 0.545 e. The van der Waals surface area contributed by atoms with Crippen molar-refractivity contribution in [1.82, 2.24) is 4.98 Å². The van der Waals surface area contributed by atoms with Gasteiger partial charge in [-0.15, -0.1) is 0 Å². The molecule has 14 heavy (non-hydrogen) atoms. The molecule has 74 valence electrons. The SMILES string of the molecule is CCOC(=O)c1ccc(C(=O)[O-])cn1. The number of carbonyl (C=O) groups excluding carboxylic acids is 2. The maximum atomic E-state index is 11.1. The predicted molar refractivity (Wildman–Crippen MR) is 44.5 cm³/mol. The normalized spacial score (nSPS) is 9.50. The van der Waals surface area contributed by atoms with Gasteiger partial charge in [0.1, 0.15) is 5.69 Å². The van der Waals surface area contributed by atoms with Crippen molar-refractivity contribution in [1.29, 1.82) is 0 Å². The van der Waals surface area contributed by atoms with Crippen LogP contribution < -0.4 is 5.11 Å². The first-order valence-corrected chi connectivity index (χ1v) is 3.99. The zero-order chi connectivity index (χ0) is 10.6. The van der Waals surface area contributed by atoms with Crippen molar-refractivity contribution < 1.29 is 19.4 Å². The third kappa shape index (κ3) is 2.29. The van der Waals surface area contributed by atoms with Crippen molar-refractivity contribution in [3.63, 3.8) is 0 Å². The molecule has 1 aromatic heterocycles. The van der Waals surface area contributed by atoms with Gasteiger partial charge in [0.15, 0.2) is 0 Å². The number of pyridine rings is 1. The van der Waals surface area contributed by atoms with E-state index >= 15 is 0 Å². The van der Waals surface area contributed by atoms with E-state index in [0.717, 1.165) is 6.20 Å². The summed E-state index contributed by atoms with van der Waals surface area (Å²) >= 11 is 0. The van der Waals surface area contributed by atoms with E-state index in [2.05, 4.69) is 9.72 Å². The number of aromatic carboxylic acids is 1. The van der Waals surface area contributed by atoms with E-state index < -0.39 is 11.9 Å². The van der Waals surface area contributed by atoms with E-state index in [1.54, 1.807) is 6.92 Å². The van der Waals surface area contributed by atoms with Crippen LogP contribution >= 0.6 is 0 Å². The van der Waals surface area contributed by atoms with Gasteiger partial charge in [-0.2, -0.15) is 0 Å². The van der Waals surface area contributed by atoms with Crippen LogP contribution in [0.15, 0.2) is 18.3 Å². The van der Waals surface area contributed by atoms with E-state index in [4.69, 9.17) is 0 Å². The number of hydrogen-bond acceptors (Lipinski definition) is 5. The molecule has 0 saturated carbocycles. The molecule has 0 N–H and O–H groups in total. The van der Waals surface area contributed by atoms with Crippen LogP contribution in [0.2, 0.25) is 0 Å². The van der Waals surface area contributed by atoms with Crippen molar-refractivity contribution in [2.75, 3.05) is 6.61 Å². The monoisotopic (exact) mass is 194 g/mol. The molecule has 0 saturated heterocycles. The topological polar surface area (TPSA) is 79.3 Å². The van der Waals surface area contributed by atoms with Gasteiger partial charge in [-0.3, -0.25) is 0 Å². The van der Waals surface area contributed by atoms with Gasteiger partial charge in [-0.1, -0.05) is 0 Å². The zero-order valence-electron chi connectivity index (χ0n) is 7.52. The van der Waals surface area contributed by atoms with E-state index in [1.165, 1.54) is 12.1 Å². The maximum absolute atomic E-state index is 11.1. The molecule has 1 heterocycles. The van der Waals surface area contributed by atoms with E-state index in [1.807, 2.05) is 0 Å². The van der Waals surface area contributed by atoms with Gasteiger partial charge in [0.2, 0.25) is 0 Å². The lowest BCUT2D eigenvalue weighted by Crippen LogP contribution is -2.22. The van der Waals surface area contributed by atoms with E-state index in [-0.39, 0.29) is 17.9 Å². The average Bonchev–Trinajstić information content (AvgIpc) is 2.18. The van der Waals surface area contributed by atoms with Crippen molar-refractivity contribution in [2.24, 2.45) is 0 Å². The van der Waals surface area contributed by atoms with Gasteiger partial charge < -0.3 is 14.6 Å². The molecule has 5 nitrogen and oxygen atoms in total. The number of carbonyl (C=O) groups is 2. The minimum Gasteiger partial charge on any atom is -0.545 e. The molecule has 0 radical (unpaired) electrons. The number of carboxylic acids is 1. The summed E-state index contributed by atoms with van der Waals surface area (Å²) in [6.07, 6.45) is 1.06. The third-order valence-electron chi connectivity index (χ3n) is 1.48. The molecule has 0 aliphatic heterocycles. The Balaban J connectivity index is 2.83. The lowest BCUT2D eigenvalue weighted by molar-refractivity contribution is -0.255. The van der Waals surface area contributed by atoms with E-state index in [0.29, 0.717) is 0 Å². The minimum absolute atomic E-state index is 0.0713. The maximum Gasteiger partial charge on any atom is 0.356 e. The summed E-state index contributed by atoms with van der Waals surface area (Å²) in [6, 6.07) is 2.53. The highest BCUT2D eigenvalue weighted by Crippen LogP contribution is 2.00. The second-order valence-corrected chi connectivity index (χ2v) is 2.44. The summed E-state index contributed by atoms with van der Waals surface area (Å²) in [6.45, 7) is 1.93. The van der Waals surface area contributed by atoms with Crippen LogP contribution in [-0.2, 0) is 4.74 Å². The Bertz CT molecular complexity index is 344. The summed E-state index contributed by atoms with van der Waals surface area (Å²) in [5.74, 6) is -1.90. The number of esters is 1. The lowest BCUT2D eigenvalue weighted by atomic mass is 10.2. The summed E-state index contributed by atoms with van der Waals surface area (Å²) in [4.78, 5) is 25.0. The van der Waals surface area contributed by atoms with Crippen molar-refractivity contribution in [3.8, 4) is 0 Å². The van der Waals surface area contributed by atoms with Gasteiger partial charge in [0.05, 0.1) is 12.6 Å². The molecule has 0 bridgehead atoms. The Hall–Kier alpha value is -1.91. The Morgan fingerprint density at radius 3 is 2.64 bits per heavy atom. The van der Waals surface area contributed by atoms with Crippen molar-refractivity contribution in [2.45, 2.75) is 6.92 Å². The molecule has 0 fully saturated rings. The molecular weight excluding hydrogens is 186 g/mol. The van der Waals surface area contributed by atoms with Gasteiger partial charge in [-0.05, 0) is 19.1 Å². The van der Waals surface area contributed by atoms with Gasteiger partial charge in [0.25, 0.3) is 0 Å². The highest BCUT2D eigenvalue weighted by molar-refractivity contribution is 5.89. The van der Waals surface area contributed by atoms with Crippen LogP contribution in [0.5, 0.6) is 0 Å². The van der Waals surface area contributed by atoms with Gasteiger partial charge in [-0.25, -0.2) is 9.78 Å². The van der Waals surface area contributed by atoms with Crippen LogP contribution in [0.3, 0.4) is 0 Å². The number of aromatic nitrogens is 1. The standard InChI is InChI=1S/C9H9NO4/c1-2-14-9(13)7-4-3-6(5-10-7)8(11)12/h3-5H,2H2,1H3,(H,11,12)/p-1. The molecule has 0 amide bonds. The Morgan fingerprint density at radius 1 is 1.50 bits per heavy atom. The highest BCUT2D eigenvalue weighted by Gasteiger charge is 2.07. The van der Waals surface area contributed by atoms with E-state index in [9.17, 15) is 14.7 Å². The average molecular weight is 194 g/mol. The second kappa shape index (κ2) is 4.36. The van der Waals surface area contributed by atoms with Crippen LogP contribution in [0.1, 0.15) is 27.8 Å². The number of rotatable bonds is 3. The number of carboxylic acid groups (broad SMARTS) is 1. The Kier molecular flexibility index (Phi) is 3.17. The first-order chi connectivity index (χ1) is 6.65. The molecule has 0 atom stereocenters. The first kappa shape index (κ1) is 10.2. The van der Waals surface area contributed by atoms with Crippen LogP contribution in [-0.4, -0.2) is 23.5 Å². The summed E-state index contributed by atoms with van der Waals surface area (Å²) < 4.78 is 4.66. The quantitative estimate of drug-likeness (QED) is 0.613. The Labute approximate surface area is 80.3 Å².